The van der Waals surface area contributed by atoms with Crippen molar-refractivity contribution in [2.24, 2.45) is 17.4 Å². The van der Waals surface area contributed by atoms with Crippen LogP contribution in [-0.2, 0) is 4.79 Å². The summed E-state index contributed by atoms with van der Waals surface area (Å²) in [6.07, 6.45) is 2.47. The highest BCUT2D eigenvalue weighted by molar-refractivity contribution is 5.74. The fourth-order valence-corrected chi connectivity index (χ4v) is 1.24. The Morgan fingerprint density at radius 2 is 2.11 bits per heavy atom. The third-order valence-corrected chi connectivity index (χ3v) is 1.76. The van der Waals surface area contributed by atoms with Gasteiger partial charge in [-0.1, -0.05) is 0 Å². The summed E-state index contributed by atoms with van der Waals surface area (Å²) in [7, 11) is 0. The Hall–Kier alpha value is -0.570. The Kier molecular flexibility index (Phi) is 1.71. The largest absolute Gasteiger partial charge is 0.370 e. The first-order valence-corrected chi connectivity index (χ1v) is 3.22. The fraction of sp³-hybridized carbons (Fsp3) is 0.833. The summed E-state index contributed by atoms with van der Waals surface area (Å²) in [5, 5.41) is 0. The summed E-state index contributed by atoms with van der Waals surface area (Å²) in [6, 6.07) is 0.328. The minimum atomic E-state index is -0.202. The maximum Gasteiger partial charge on any atom is 0.217 e. The summed E-state index contributed by atoms with van der Waals surface area (Å²) in [6.45, 7) is 0. The molecule has 52 valence electrons. The molecular weight excluding hydrogens is 116 g/mol. The molecule has 1 amide bonds. The number of hydrogen-bond acceptors (Lipinski definition) is 2. The summed E-state index contributed by atoms with van der Waals surface area (Å²) in [5.41, 5.74) is 10.5. The second-order valence-electron chi connectivity index (χ2n) is 2.77. The van der Waals surface area contributed by atoms with Crippen molar-refractivity contribution >= 4 is 5.91 Å². The molecule has 3 heteroatoms. The topological polar surface area (TPSA) is 69.1 Å². The van der Waals surface area contributed by atoms with Crippen molar-refractivity contribution in [3.63, 3.8) is 0 Å². The van der Waals surface area contributed by atoms with E-state index >= 15 is 0 Å². The van der Waals surface area contributed by atoms with E-state index < -0.39 is 0 Å². The van der Waals surface area contributed by atoms with Crippen LogP contribution in [0, 0.1) is 5.92 Å². The first-order chi connectivity index (χ1) is 4.18. The smallest absolute Gasteiger partial charge is 0.217 e. The third kappa shape index (κ3) is 1.68. The van der Waals surface area contributed by atoms with Gasteiger partial charge in [-0.15, -0.1) is 0 Å². The van der Waals surface area contributed by atoms with Gasteiger partial charge in [0.05, 0.1) is 0 Å². The molecule has 4 N–H and O–H groups in total. The minimum absolute atomic E-state index is 0.202. The van der Waals surface area contributed by atoms with Crippen LogP contribution in [0.3, 0.4) is 0 Å². The highest BCUT2D eigenvalue weighted by Gasteiger charge is 2.26. The van der Waals surface area contributed by atoms with Crippen molar-refractivity contribution in [2.75, 3.05) is 0 Å². The maximum absolute atomic E-state index is 10.3. The SMILES string of the molecule is NC(=O)CC1CC(N)C1. The van der Waals surface area contributed by atoms with Crippen molar-refractivity contribution in [1.29, 1.82) is 0 Å². The van der Waals surface area contributed by atoms with E-state index in [9.17, 15) is 4.79 Å². The molecule has 0 radical (unpaired) electrons. The summed E-state index contributed by atoms with van der Waals surface area (Å²) in [4.78, 5) is 10.3. The van der Waals surface area contributed by atoms with E-state index in [1.807, 2.05) is 0 Å². The molecule has 0 heterocycles. The number of nitrogens with two attached hydrogens (primary N) is 2. The molecule has 0 aromatic heterocycles. The molecule has 1 aliphatic carbocycles. The van der Waals surface area contributed by atoms with Crippen molar-refractivity contribution in [1.82, 2.24) is 0 Å². The van der Waals surface area contributed by atoms with Crippen LogP contribution in [0.25, 0.3) is 0 Å². The van der Waals surface area contributed by atoms with E-state index in [4.69, 9.17) is 11.5 Å². The van der Waals surface area contributed by atoms with Gasteiger partial charge in [-0.3, -0.25) is 4.79 Å². The zero-order valence-electron chi connectivity index (χ0n) is 5.34. The molecule has 0 aliphatic heterocycles. The number of carbonyl (C=O) groups excluding carboxylic acids is 1. The minimum Gasteiger partial charge on any atom is -0.370 e. The predicted molar refractivity (Wildman–Crippen MR) is 34.5 cm³/mol. The second-order valence-corrected chi connectivity index (χ2v) is 2.77. The Morgan fingerprint density at radius 3 is 2.44 bits per heavy atom. The Balaban J connectivity index is 2.11. The predicted octanol–water partition coefficient (Wildman–Crippen LogP) is -0.401. The van der Waals surface area contributed by atoms with E-state index in [1.165, 1.54) is 0 Å². The molecule has 1 fully saturated rings. The lowest BCUT2D eigenvalue weighted by molar-refractivity contribution is -0.119. The first kappa shape index (κ1) is 6.55. The zero-order chi connectivity index (χ0) is 6.85. The molecule has 0 atom stereocenters. The molecule has 1 rings (SSSR count). The van der Waals surface area contributed by atoms with Crippen LogP contribution in [0.5, 0.6) is 0 Å². The van der Waals surface area contributed by atoms with Crippen LogP contribution in [-0.4, -0.2) is 11.9 Å². The van der Waals surface area contributed by atoms with Crippen LogP contribution in [0.1, 0.15) is 19.3 Å². The summed E-state index contributed by atoms with van der Waals surface area (Å²) in [5.74, 6) is 0.282. The molecule has 0 unspecified atom stereocenters. The molecule has 0 saturated heterocycles. The van der Waals surface area contributed by atoms with Gasteiger partial charge in [0.25, 0.3) is 0 Å². The van der Waals surface area contributed by atoms with Gasteiger partial charge >= 0.3 is 0 Å². The number of amides is 1. The number of carbonyl (C=O) groups is 1. The van der Waals surface area contributed by atoms with Gasteiger partial charge in [0.15, 0.2) is 0 Å². The number of hydrogen-bond donors (Lipinski definition) is 2. The summed E-state index contributed by atoms with van der Waals surface area (Å²) < 4.78 is 0. The van der Waals surface area contributed by atoms with Crippen molar-refractivity contribution in [3.05, 3.63) is 0 Å². The molecule has 1 aliphatic rings. The average molecular weight is 128 g/mol. The molecule has 0 bridgehead atoms. The normalized spacial score (nSPS) is 33.4. The fourth-order valence-electron chi connectivity index (χ4n) is 1.24. The van der Waals surface area contributed by atoms with Crippen LogP contribution in [0.2, 0.25) is 0 Å². The number of primary amides is 1. The molecule has 9 heavy (non-hydrogen) atoms. The van der Waals surface area contributed by atoms with Gasteiger partial charge < -0.3 is 11.5 Å². The van der Waals surface area contributed by atoms with E-state index in [0.29, 0.717) is 18.4 Å². The lowest BCUT2D eigenvalue weighted by atomic mass is 9.79. The lowest BCUT2D eigenvalue weighted by Crippen LogP contribution is -2.38. The van der Waals surface area contributed by atoms with Crippen molar-refractivity contribution < 1.29 is 4.79 Å². The lowest BCUT2D eigenvalue weighted by Gasteiger charge is -2.31. The first-order valence-electron chi connectivity index (χ1n) is 3.22. The quantitative estimate of drug-likeness (QED) is 0.531. The molecule has 3 nitrogen and oxygen atoms in total. The van der Waals surface area contributed by atoms with Crippen LogP contribution in [0.4, 0.5) is 0 Å². The molecular formula is C6H12N2O. The molecule has 0 aromatic rings. The summed E-state index contributed by atoms with van der Waals surface area (Å²) >= 11 is 0. The van der Waals surface area contributed by atoms with Gasteiger partial charge in [0.2, 0.25) is 5.91 Å². The van der Waals surface area contributed by atoms with Gasteiger partial charge in [-0.05, 0) is 18.8 Å². The van der Waals surface area contributed by atoms with Crippen molar-refractivity contribution in [3.8, 4) is 0 Å². The van der Waals surface area contributed by atoms with Gasteiger partial charge in [-0.25, -0.2) is 0 Å². The monoisotopic (exact) mass is 128 g/mol. The van der Waals surface area contributed by atoms with Gasteiger partial charge in [-0.2, -0.15) is 0 Å². The van der Waals surface area contributed by atoms with Gasteiger partial charge in [0.1, 0.15) is 0 Å². The van der Waals surface area contributed by atoms with E-state index in [-0.39, 0.29) is 5.91 Å². The number of rotatable bonds is 2. The Bertz CT molecular complexity index is 118. The third-order valence-electron chi connectivity index (χ3n) is 1.76. The van der Waals surface area contributed by atoms with Gasteiger partial charge in [0, 0.05) is 12.5 Å². The molecule has 0 aromatic carbocycles. The average Bonchev–Trinajstić information content (AvgIpc) is 1.60. The van der Waals surface area contributed by atoms with Crippen LogP contribution < -0.4 is 11.5 Å². The van der Waals surface area contributed by atoms with Crippen molar-refractivity contribution in [2.45, 2.75) is 25.3 Å². The zero-order valence-corrected chi connectivity index (χ0v) is 5.34. The maximum atomic E-state index is 10.3. The van der Waals surface area contributed by atoms with Crippen LogP contribution >= 0.6 is 0 Å². The standard InChI is InChI=1S/C6H12N2O/c7-5-1-4(2-5)3-6(8)9/h4-5H,1-3,7H2,(H2,8,9). The van der Waals surface area contributed by atoms with Crippen LogP contribution in [0.15, 0.2) is 0 Å². The molecule has 0 spiro atoms. The van der Waals surface area contributed by atoms with E-state index in [2.05, 4.69) is 0 Å². The highest BCUT2D eigenvalue weighted by atomic mass is 16.1. The second kappa shape index (κ2) is 2.35. The van der Waals surface area contributed by atoms with E-state index in [1.54, 1.807) is 0 Å². The Morgan fingerprint density at radius 1 is 1.56 bits per heavy atom. The Labute approximate surface area is 54.4 Å². The molecule has 1 saturated carbocycles. The van der Waals surface area contributed by atoms with E-state index in [0.717, 1.165) is 12.8 Å². The highest BCUT2D eigenvalue weighted by Crippen LogP contribution is 2.27.